The summed E-state index contributed by atoms with van der Waals surface area (Å²) in [6, 6.07) is 18.5. The maximum absolute atomic E-state index is 5.68. The normalized spacial score (nSPS) is 21.3. The molecule has 0 amide bonds. The van der Waals surface area contributed by atoms with Gasteiger partial charge in [-0.3, -0.25) is 0 Å². The molecule has 2 nitrogen and oxygen atoms in total. The molecule has 0 aliphatic carbocycles. The minimum absolute atomic E-state index is 0.198. The first kappa shape index (κ1) is 12.9. The van der Waals surface area contributed by atoms with Crippen LogP contribution in [-0.4, -0.2) is 12.7 Å². The van der Waals surface area contributed by atoms with E-state index in [1.807, 2.05) is 30.3 Å². The number of epoxide rings is 1. The van der Waals surface area contributed by atoms with Crippen LogP contribution in [0.4, 0.5) is 0 Å². The highest BCUT2D eigenvalue weighted by atomic mass is 79.9. The molecule has 0 aromatic heterocycles. The Morgan fingerprint density at radius 3 is 2.47 bits per heavy atom. The molecule has 1 aliphatic rings. The SMILES string of the molecule is Brc1ccc(C2OC2COCc2ccccc2)cc1. The number of halogens is 1. The van der Waals surface area contributed by atoms with Gasteiger partial charge in [-0.25, -0.2) is 0 Å². The molecule has 3 heteroatoms. The maximum atomic E-state index is 5.68. The van der Waals surface area contributed by atoms with Crippen molar-refractivity contribution in [3.8, 4) is 0 Å². The summed E-state index contributed by atoms with van der Waals surface area (Å²) in [4.78, 5) is 0. The predicted molar refractivity (Wildman–Crippen MR) is 77.9 cm³/mol. The van der Waals surface area contributed by atoms with Crippen molar-refractivity contribution in [3.63, 3.8) is 0 Å². The summed E-state index contributed by atoms with van der Waals surface area (Å²) in [6.45, 7) is 1.30. The zero-order valence-corrected chi connectivity index (χ0v) is 12.0. The molecule has 1 heterocycles. The highest BCUT2D eigenvalue weighted by Crippen LogP contribution is 2.39. The number of rotatable bonds is 5. The Morgan fingerprint density at radius 2 is 1.74 bits per heavy atom. The molecule has 3 rings (SSSR count). The molecule has 2 aromatic carbocycles. The molecule has 2 atom stereocenters. The van der Waals surface area contributed by atoms with Crippen LogP contribution >= 0.6 is 15.9 Å². The third-order valence-electron chi connectivity index (χ3n) is 3.17. The Bertz CT molecular complexity index is 524. The largest absolute Gasteiger partial charge is 0.374 e. The third kappa shape index (κ3) is 3.44. The topological polar surface area (TPSA) is 21.8 Å². The lowest BCUT2D eigenvalue weighted by molar-refractivity contribution is 0.104. The number of ether oxygens (including phenoxy) is 2. The van der Waals surface area contributed by atoms with Gasteiger partial charge in [0.05, 0.1) is 13.2 Å². The van der Waals surface area contributed by atoms with E-state index in [1.165, 1.54) is 11.1 Å². The fourth-order valence-corrected chi connectivity index (χ4v) is 2.35. The van der Waals surface area contributed by atoms with Crippen LogP contribution in [0.2, 0.25) is 0 Å². The van der Waals surface area contributed by atoms with Crippen molar-refractivity contribution in [3.05, 3.63) is 70.2 Å². The Balaban J connectivity index is 1.45. The Morgan fingerprint density at radius 1 is 1.00 bits per heavy atom. The van der Waals surface area contributed by atoms with E-state index >= 15 is 0 Å². The first-order valence-corrected chi connectivity index (χ1v) is 7.15. The highest BCUT2D eigenvalue weighted by Gasteiger charge is 2.40. The average molecular weight is 319 g/mol. The number of hydrogen-bond donors (Lipinski definition) is 0. The van der Waals surface area contributed by atoms with Gasteiger partial charge in [0.15, 0.2) is 0 Å². The number of hydrogen-bond acceptors (Lipinski definition) is 2. The Labute approximate surface area is 121 Å². The summed E-state index contributed by atoms with van der Waals surface area (Å²) in [5.74, 6) is 0. The van der Waals surface area contributed by atoms with Crippen molar-refractivity contribution < 1.29 is 9.47 Å². The van der Waals surface area contributed by atoms with Crippen molar-refractivity contribution in [2.24, 2.45) is 0 Å². The highest BCUT2D eigenvalue weighted by molar-refractivity contribution is 9.10. The van der Waals surface area contributed by atoms with Crippen LogP contribution in [0.1, 0.15) is 17.2 Å². The molecule has 1 aliphatic heterocycles. The smallest absolute Gasteiger partial charge is 0.112 e. The molecule has 0 spiro atoms. The zero-order valence-electron chi connectivity index (χ0n) is 10.5. The summed E-state index contributed by atoms with van der Waals surface area (Å²) < 4.78 is 12.4. The van der Waals surface area contributed by atoms with Gasteiger partial charge >= 0.3 is 0 Å². The third-order valence-corrected chi connectivity index (χ3v) is 3.70. The lowest BCUT2D eigenvalue weighted by Crippen LogP contribution is -2.02. The standard InChI is InChI=1S/C16H15BrO2/c17-14-8-6-13(7-9-14)16-15(19-16)11-18-10-12-4-2-1-3-5-12/h1-9,15-16H,10-11H2. The first-order valence-electron chi connectivity index (χ1n) is 6.35. The fraction of sp³-hybridized carbons (Fsp3) is 0.250. The van der Waals surface area contributed by atoms with Crippen LogP contribution in [-0.2, 0) is 16.1 Å². The van der Waals surface area contributed by atoms with Gasteiger partial charge < -0.3 is 9.47 Å². The molecule has 0 N–H and O–H groups in total. The maximum Gasteiger partial charge on any atom is 0.112 e. The van der Waals surface area contributed by atoms with Gasteiger partial charge in [-0.2, -0.15) is 0 Å². The lowest BCUT2D eigenvalue weighted by atomic mass is 10.1. The van der Waals surface area contributed by atoms with Crippen molar-refractivity contribution in [1.29, 1.82) is 0 Å². The lowest BCUT2D eigenvalue weighted by Gasteiger charge is -2.02. The van der Waals surface area contributed by atoms with E-state index in [9.17, 15) is 0 Å². The molecular weight excluding hydrogens is 304 g/mol. The molecule has 19 heavy (non-hydrogen) atoms. The van der Waals surface area contributed by atoms with Crippen molar-refractivity contribution in [2.45, 2.75) is 18.8 Å². The predicted octanol–water partition coefficient (Wildman–Crippen LogP) is 4.11. The van der Waals surface area contributed by atoms with Crippen LogP contribution in [0, 0.1) is 0 Å². The molecule has 1 saturated heterocycles. The molecule has 0 radical (unpaired) electrons. The van der Waals surface area contributed by atoms with E-state index in [2.05, 4.69) is 40.2 Å². The van der Waals surface area contributed by atoms with E-state index in [-0.39, 0.29) is 12.2 Å². The quantitative estimate of drug-likeness (QED) is 0.774. The van der Waals surface area contributed by atoms with Crippen molar-refractivity contribution in [2.75, 3.05) is 6.61 Å². The molecule has 2 unspecified atom stereocenters. The van der Waals surface area contributed by atoms with E-state index in [0.29, 0.717) is 13.2 Å². The van der Waals surface area contributed by atoms with Gasteiger partial charge in [0.1, 0.15) is 12.2 Å². The van der Waals surface area contributed by atoms with Crippen LogP contribution in [0.25, 0.3) is 0 Å². The Hall–Kier alpha value is -1.16. The molecular formula is C16H15BrO2. The van der Waals surface area contributed by atoms with Gasteiger partial charge in [-0.1, -0.05) is 58.4 Å². The van der Waals surface area contributed by atoms with E-state index in [4.69, 9.17) is 9.47 Å². The van der Waals surface area contributed by atoms with Gasteiger partial charge in [-0.15, -0.1) is 0 Å². The molecule has 1 fully saturated rings. The Kier molecular flexibility index (Phi) is 3.97. The van der Waals surface area contributed by atoms with Crippen molar-refractivity contribution >= 4 is 15.9 Å². The number of benzene rings is 2. The minimum atomic E-state index is 0.198. The van der Waals surface area contributed by atoms with Gasteiger partial charge in [0, 0.05) is 4.47 Å². The molecule has 98 valence electrons. The zero-order chi connectivity index (χ0) is 13.1. The van der Waals surface area contributed by atoms with Crippen LogP contribution in [0.5, 0.6) is 0 Å². The second-order valence-electron chi connectivity index (χ2n) is 4.65. The van der Waals surface area contributed by atoms with E-state index in [1.54, 1.807) is 0 Å². The van der Waals surface area contributed by atoms with Crippen LogP contribution < -0.4 is 0 Å². The van der Waals surface area contributed by atoms with Crippen LogP contribution in [0.15, 0.2) is 59.1 Å². The second kappa shape index (κ2) is 5.87. The fourth-order valence-electron chi connectivity index (χ4n) is 2.08. The van der Waals surface area contributed by atoms with E-state index in [0.717, 1.165) is 4.47 Å². The summed E-state index contributed by atoms with van der Waals surface area (Å²) in [7, 11) is 0. The van der Waals surface area contributed by atoms with Crippen molar-refractivity contribution in [1.82, 2.24) is 0 Å². The summed E-state index contributed by atoms with van der Waals surface area (Å²) >= 11 is 3.43. The molecule has 2 aromatic rings. The summed E-state index contributed by atoms with van der Waals surface area (Å²) in [5, 5.41) is 0. The summed E-state index contributed by atoms with van der Waals surface area (Å²) in [6.07, 6.45) is 0.397. The van der Waals surface area contributed by atoms with E-state index < -0.39 is 0 Å². The summed E-state index contributed by atoms with van der Waals surface area (Å²) in [5.41, 5.74) is 2.42. The van der Waals surface area contributed by atoms with Gasteiger partial charge in [0.2, 0.25) is 0 Å². The molecule has 0 saturated carbocycles. The average Bonchev–Trinajstić information content (AvgIpc) is 3.20. The minimum Gasteiger partial charge on any atom is -0.374 e. The van der Waals surface area contributed by atoms with Gasteiger partial charge in [-0.05, 0) is 23.3 Å². The first-order chi connectivity index (χ1) is 9.33. The monoisotopic (exact) mass is 318 g/mol. The van der Waals surface area contributed by atoms with Gasteiger partial charge in [0.25, 0.3) is 0 Å². The van der Waals surface area contributed by atoms with Crippen LogP contribution in [0.3, 0.4) is 0 Å². The second-order valence-corrected chi connectivity index (χ2v) is 5.56. The molecule has 0 bridgehead atoms.